The van der Waals surface area contributed by atoms with Gasteiger partial charge in [0.1, 0.15) is 0 Å². The summed E-state index contributed by atoms with van der Waals surface area (Å²) in [4.78, 5) is 4.11. The number of pyridine rings is 1. The molecule has 0 spiro atoms. The highest BCUT2D eigenvalue weighted by molar-refractivity contribution is 7.98. The topological polar surface area (TPSA) is 67.4 Å². The van der Waals surface area contributed by atoms with E-state index < -0.39 is 0 Å². The lowest BCUT2D eigenvalue weighted by Gasteiger charge is -2.12. The van der Waals surface area contributed by atoms with Gasteiger partial charge in [0.2, 0.25) is 0 Å². The Morgan fingerprint density at radius 2 is 1.69 bits per heavy atom. The van der Waals surface area contributed by atoms with Crippen molar-refractivity contribution in [2.24, 2.45) is 0 Å². The number of aryl methyl sites for hydroxylation is 2. The molecule has 5 nitrogen and oxygen atoms in total. The molecule has 0 aliphatic heterocycles. The largest absolute Gasteiger partial charge is 0.270 e. The van der Waals surface area contributed by atoms with Crippen molar-refractivity contribution in [3.05, 3.63) is 89.2 Å². The van der Waals surface area contributed by atoms with Gasteiger partial charge in [-0.15, -0.1) is 10.2 Å². The lowest BCUT2D eigenvalue weighted by Crippen LogP contribution is -2.01. The standard InChI is InChI=1S/C23H19N5S/c1-16-3-8-21(13-17(16)2)28-22(20-9-11-25-12-10-20)26-27-23(28)29-15-19-6-4-18(14-24)5-7-19/h3-13H,15H2,1-2H3. The number of benzene rings is 2. The van der Waals surface area contributed by atoms with Crippen LogP contribution in [0.3, 0.4) is 0 Å². The van der Waals surface area contributed by atoms with Gasteiger partial charge < -0.3 is 0 Å². The zero-order chi connectivity index (χ0) is 20.2. The number of nitriles is 1. The molecule has 0 N–H and O–H groups in total. The Kier molecular flexibility index (Phi) is 5.41. The second-order valence-corrected chi connectivity index (χ2v) is 7.69. The third-order valence-corrected chi connectivity index (χ3v) is 5.77. The first-order valence-corrected chi connectivity index (χ1v) is 10.2. The van der Waals surface area contributed by atoms with Gasteiger partial charge in [-0.1, -0.05) is 30.0 Å². The van der Waals surface area contributed by atoms with Gasteiger partial charge in [-0.3, -0.25) is 9.55 Å². The van der Waals surface area contributed by atoms with E-state index in [9.17, 15) is 0 Å². The minimum absolute atomic E-state index is 0.664. The third kappa shape index (κ3) is 4.05. The first-order chi connectivity index (χ1) is 14.2. The normalized spacial score (nSPS) is 10.7. The summed E-state index contributed by atoms with van der Waals surface area (Å²) < 4.78 is 2.09. The van der Waals surface area contributed by atoms with Crippen LogP contribution in [0.4, 0.5) is 0 Å². The Hall–Kier alpha value is -3.43. The van der Waals surface area contributed by atoms with Gasteiger partial charge in [0.15, 0.2) is 11.0 Å². The highest BCUT2D eigenvalue weighted by atomic mass is 32.2. The lowest BCUT2D eigenvalue weighted by atomic mass is 10.1. The van der Waals surface area contributed by atoms with Crippen LogP contribution in [0.25, 0.3) is 17.1 Å². The van der Waals surface area contributed by atoms with Crippen LogP contribution in [-0.2, 0) is 5.75 Å². The molecule has 0 amide bonds. The van der Waals surface area contributed by atoms with Crippen LogP contribution in [0.1, 0.15) is 22.3 Å². The van der Waals surface area contributed by atoms with Crippen molar-refractivity contribution < 1.29 is 0 Å². The molecule has 0 aliphatic rings. The molecule has 0 bridgehead atoms. The maximum atomic E-state index is 8.97. The lowest BCUT2D eigenvalue weighted by molar-refractivity contribution is 0.884. The van der Waals surface area contributed by atoms with Gasteiger partial charge in [-0.2, -0.15) is 5.26 Å². The van der Waals surface area contributed by atoms with E-state index in [4.69, 9.17) is 5.26 Å². The van der Waals surface area contributed by atoms with Crippen LogP contribution in [0, 0.1) is 25.2 Å². The molecule has 6 heteroatoms. The van der Waals surface area contributed by atoms with Gasteiger partial charge in [-0.05, 0) is 66.9 Å². The van der Waals surface area contributed by atoms with Gasteiger partial charge in [0, 0.05) is 23.7 Å². The quantitative estimate of drug-likeness (QED) is 0.438. The molecule has 0 fully saturated rings. The highest BCUT2D eigenvalue weighted by Crippen LogP contribution is 2.30. The van der Waals surface area contributed by atoms with Gasteiger partial charge in [0.05, 0.1) is 17.3 Å². The Bertz CT molecular complexity index is 1170. The molecule has 0 atom stereocenters. The zero-order valence-corrected chi connectivity index (χ0v) is 17.0. The van der Waals surface area contributed by atoms with Crippen molar-refractivity contribution in [3.8, 4) is 23.1 Å². The summed E-state index contributed by atoms with van der Waals surface area (Å²) in [6.07, 6.45) is 3.52. The van der Waals surface area contributed by atoms with Gasteiger partial charge in [-0.25, -0.2) is 0 Å². The van der Waals surface area contributed by atoms with Crippen molar-refractivity contribution in [2.45, 2.75) is 24.8 Å². The maximum absolute atomic E-state index is 8.97. The summed E-state index contributed by atoms with van der Waals surface area (Å²) in [6, 6.07) is 20.1. The molecule has 2 heterocycles. The molecule has 4 rings (SSSR count). The van der Waals surface area contributed by atoms with E-state index in [1.165, 1.54) is 11.1 Å². The number of hydrogen-bond donors (Lipinski definition) is 0. The Morgan fingerprint density at radius 1 is 0.931 bits per heavy atom. The summed E-state index contributed by atoms with van der Waals surface area (Å²) in [5.41, 5.74) is 6.27. The maximum Gasteiger partial charge on any atom is 0.196 e. The van der Waals surface area contributed by atoms with Gasteiger partial charge >= 0.3 is 0 Å². The summed E-state index contributed by atoms with van der Waals surface area (Å²) in [7, 11) is 0. The smallest absolute Gasteiger partial charge is 0.196 e. The molecule has 2 aromatic carbocycles. The molecular weight excluding hydrogens is 378 g/mol. The number of thioether (sulfide) groups is 1. The van der Waals surface area contributed by atoms with Crippen LogP contribution < -0.4 is 0 Å². The average molecular weight is 398 g/mol. The monoisotopic (exact) mass is 397 g/mol. The first kappa shape index (κ1) is 18.9. The van der Waals surface area contributed by atoms with E-state index in [1.54, 1.807) is 24.2 Å². The molecule has 2 aromatic heterocycles. The van der Waals surface area contributed by atoms with Crippen molar-refractivity contribution in [2.75, 3.05) is 0 Å². The second kappa shape index (κ2) is 8.29. The van der Waals surface area contributed by atoms with Crippen LogP contribution in [0.2, 0.25) is 0 Å². The molecule has 0 saturated carbocycles. The van der Waals surface area contributed by atoms with E-state index in [0.29, 0.717) is 5.56 Å². The molecule has 0 radical (unpaired) electrons. The SMILES string of the molecule is Cc1ccc(-n2c(SCc3ccc(C#N)cc3)nnc2-c2ccncc2)cc1C. The molecule has 0 unspecified atom stereocenters. The minimum atomic E-state index is 0.664. The fourth-order valence-electron chi connectivity index (χ4n) is 2.97. The minimum Gasteiger partial charge on any atom is -0.270 e. The van der Waals surface area contributed by atoms with E-state index >= 15 is 0 Å². The molecule has 142 valence electrons. The highest BCUT2D eigenvalue weighted by Gasteiger charge is 2.16. The van der Waals surface area contributed by atoms with Crippen molar-refractivity contribution in [3.63, 3.8) is 0 Å². The Labute approximate surface area is 174 Å². The molecular formula is C23H19N5S. The van der Waals surface area contributed by atoms with Crippen LogP contribution in [-0.4, -0.2) is 19.7 Å². The van der Waals surface area contributed by atoms with E-state index in [2.05, 4.69) is 57.9 Å². The molecule has 4 aromatic rings. The first-order valence-electron chi connectivity index (χ1n) is 9.21. The van der Waals surface area contributed by atoms with Crippen molar-refractivity contribution >= 4 is 11.8 Å². The van der Waals surface area contributed by atoms with Crippen molar-refractivity contribution in [1.82, 2.24) is 19.7 Å². The van der Waals surface area contributed by atoms with Gasteiger partial charge in [0.25, 0.3) is 0 Å². The predicted octanol–water partition coefficient (Wildman–Crippen LogP) is 5.11. The number of nitrogens with zero attached hydrogens (tertiary/aromatic N) is 5. The summed E-state index contributed by atoms with van der Waals surface area (Å²) in [5, 5.41) is 18.7. The predicted molar refractivity (Wildman–Crippen MR) is 115 cm³/mol. The van der Waals surface area contributed by atoms with Crippen LogP contribution in [0.5, 0.6) is 0 Å². The average Bonchev–Trinajstić information content (AvgIpc) is 3.19. The van der Waals surface area contributed by atoms with E-state index in [1.807, 2.05) is 36.4 Å². The van der Waals surface area contributed by atoms with E-state index in [0.717, 1.165) is 33.5 Å². The van der Waals surface area contributed by atoms with Crippen LogP contribution >= 0.6 is 11.8 Å². The number of aromatic nitrogens is 4. The van der Waals surface area contributed by atoms with Crippen LogP contribution in [0.15, 0.2) is 72.1 Å². The molecule has 0 aliphatic carbocycles. The summed E-state index contributed by atoms with van der Waals surface area (Å²) in [5.74, 6) is 1.53. The van der Waals surface area contributed by atoms with E-state index in [-0.39, 0.29) is 0 Å². The second-order valence-electron chi connectivity index (χ2n) is 6.74. The Balaban J connectivity index is 1.72. The van der Waals surface area contributed by atoms with Crippen molar-refractivity contribution in [1.29, 1.82) is 5.26 Å². The Morgan fingerprint density at radius 3 is 2.38 bits per heavy atom. The number of rotatable bonds is 5. The zero-order valence-electron chi connectivity index (χ0n) is 16.2. The fraction of sp³-hybridized carbons (Fsp3) is 0.130. The fourth-order valence-corrected chi connectivity index (χ4v) is 3.88. The number of hydrogen-bond acceptors (Lipinski definition) is 5. The molecule has 29 heavy (non-hydrogen) atoms. The summed E-state index contributed by atoms with van der Waals surface area (Å²) >= 11 is 1.62. The third-order valence-electron chi connectivity index (χ3n) is 4.77. The molecule has 0 saturated heterocycles. The summed E-state index contributed by atoms with van der Waals surface area (Å²) in [6.45, 7) is 4.22.